The lowest BCUT2D eigenvalue weighted by Gasteiger charge is -2.27. The molecule has 0 aromatic rings. The molecule has 1 aliphatic carbocycles. The van der Waals surface area contributed by atoms with Crippen LogP contribution in [0.2, 0.25) is 0 Å². The van der Waals surface area contributed by atoms with E-state index in [1.807, 2.05) is 11.8 Å². The normalized spacial score (nSPS) is 17.7. The number of carboxylic acids is 1. The molecule has 1 saturated carbocycles. The summed E-state index contributed by atoms with van der Waals surface area (Å²) in [5, 5.41) is 9.08. The number of carbonyl (C=O) groups is 1. The molecule has 0 saturated heterocycles. The highest BCUT2D eigenvalue weighted by Crippen LogP contribution is 2.29. The molecule has 1 atom stereocenters. The second-order valence-corrected chi connectivity index (χ2v) is 4.47. The molecule has 5 heteroatoms. The minimum atomic E-state index is -0.743. The fourth-order valence-corrected chi connectivity index (χ4v) is 1.88. The number of hydrogen-bond acceptors (Lipinski definition) is 3. The Kier molecular flexibility index (Phi) is 4.47. The SMILES string of the molecule is CCC(C(=O)O)N(CCC(N)=S)C1CC1. The van der Waals surface area contributed by atoms with E-state index in [-0.39, 0.29) is 6.04 Å². The van der Waals surface area contributed by atoms with Gasteiger partial charge in [0, 0.05) is 19.0 Å². The second-order valence-electron chi connectivity index (χ2n) is 3.95. The van der Waals surface area contributed by atoms with Crippen molar-refractivity contribution >= 4 is 23.2 Å². The second kappa shape index (κ2) is 5.42. The Morgan fingerprint density at radius 3 is 2.60 bits per heavy atom. The molecule has 3 N–H and O–H groups in total. The van der Waals surface area contributed by atoms with Crippen LogP contribution in [0.4, 0.5) is 0 Å². The summed E-state index contributed by atoms with van der Waals surface area (Å²) in [6.45, 7) is 2.57. The van der Waals surface area contributed by atoms with Gasteiger partial charge in [0.2, 0.25) is 0 Å². The molecule has 0 aliphatic heterocycles. The Bertz CT molecular complexity index is 254. The van der Waals surface area contributed by atoms with Crippen LogP contribution in [0.15, 0.2) is 0 Å². The van der Waals surface area contributed by atoms with E-state index < -0.39 is 5.97 Å². The molecule has 0 spiro atoms. The standard InChI is InChI=1S/C10H18N2O2S/c1-2-8(10(13)14)12(7-3-4-7)6-5-9(11)15/h7-8H,2-6H2,1H3,(H2,11,15)(H,13,14). The molecule has 4 nitrogen and oxygen atoms in total. The molecule has 1 aliphatic rings. The number of thiocarbonyl (C=S) groups is 1. The summed E-state index contributed by atoms with van der Waals surface area (Å²) < 4.78 is 0. The lowest BCUT2D eigenvalue weighted by molar-refractivity contribution is -0.143. The maximum atomic E-state index is 11.0. The average Bonchev–Trinajstić information content (AvgIpc) is 2.94. The van der Waals surface area contributed by atoms with Crippen LogP contribution in [0.25, 0.3) is 0 Å². The van der Waals surface area contributed by atoms with E-state index in [9.17, 15) is 4.79 Å². The molecular formula is C10H18N2O2S. The van der Waals surface area contributed by atoms with E-state index in [2.05, 4.69) is 0 Å². The monoisotopic (exact) mass is 230 g/mol. The molecule has 0 aromatic carbocycles. The Morgan fingerprint density at radius 2 is 2.27 bits per heavy atom. The van der Waals surface area contributed by atoms with Crippen molar-refractivity contribution in [1.82, 2.24) is 4.90 Å². The van der Waals surface area contributed by atoms with Crippen molar-refractivity contribution in [2.45, 2.75) is 44.7 Å². The van der Waals surface area contributed by atoms with Crippen molar-refractivity contribution in [3.05, 3.63) is 0 Å². The van der Waals surface area contributed by atoms with Crippen molar-refractivity contribution < 1.29 is 9.90 Å². The summed E-state index contributed by atoms with van der Waals surface area (Å²) in [7, 11) is 0. The first kappa shape index (κ1) is 12.4. The molecule has 0 heterocycles. The summed E-state index contributed by atoms with van der Waals surface area (Å²) >= 11 is 4.81. The largest absolute Gasteiger partial charge is 0.480 e. The highest BCUT2D eigenvalue weighted by atomic mass is 32.1. The van der Waals surface area contributed by atoms with Crippen LogP contribution in [-0.4, -0.2) is 39.6 Å². The van der Waals surface area contributed by atoms with Crippen LogP contribution in [0.3, 0.4) is 0 Å². The molecule has 0 bridgehead atoms. The summed E-state index contributed by atoms with van der Waals surface area (Å²) in [5.74, 6) is -0.743. The van der Waals surface area contributed by atoms with Gasteiger partial charge in [-0.3, -0.25) is 9.69 Å². The predicted molar refractivity (Wildman–Crippen MR) is 62.8 cm³/mol. The molecule has 1 fully saturated rings. The summed E-state index contributed by atoms with van der Waals surface area (Å²) in [6.07, 6.45) is 3.43. The quantitative estimate of drug-likeness (QED) is 0.638. The van der Waals surface area contributed by atoms with Gasteiger partial charge in [-0.05, 0) is 19.3 Å². The first-order valence-corrected chi connectivity index (χ1v) is 5.74. The third-order valence-electron chi connectivity index (χ3n) is 2.70. The van der Waals surface area contributed by atoms with Crippen LogP contribution in [0.1, 0.15) is 32.6 Å². The third kappa shape index (κ3) is 3.76. The minimum Gasteiger partial charge on any atom is -0.480 e. The maximum Gasteiger partial charge on any atom is 0.320 e. The Balaban J connectivity index is 2.54. The van der Waals surface area contributed by atoms with Gasteiger partial charge in [0.05, 0.1) is 4.99 Å². The zero-order chi connectivity index (χ0) is 11.4. The van der Waals surface area contributed by atoms with E-state index in [0.29, 0.717) is 30.4 Å². The van der Waals surface area contributed by atoms with Gasteiger partial charge in [-0.15, -0.1) is 0 Å². The topological polar surface area (TPSA) is 66.6 Å². The zero-order valence-corrected chi connectivity index (χ0v) is 9.80. The van der Waals surface area contributed by atoms with Crippen LogP contribution >= 0.6 is 12.2 Å². The highest BCUT2D eigenvalue weighted by Gasteiger charge is 2.35. The lowest BCUT2D eigenvalue weighted by atomic mass is 10.1. The van der Waals surface area contributed by atoms with E-state index in [1.54, 1.807) is 0 Å². The summed E-state index contributed by atoms with van der Waals surface area (Å²) in [4.78, 5) is 13.5. The van der Waals surface area contributed by atoms with E-state index in [4.69, 9.17) is 23.1 Å². The number of hydrogen-bond donors (Lipinski definition) is 2. The van der Waals surface area contributed by atoms with E-state index in [0.717, 1.165) is 12.8 Å². The average molecular weight is 230 g/mol. The summed E-state index contributed by atoms with van der Waals surface area (Å²) in [5.41, 5.74) is 5.44. The van der Waals surface area contributed by atoms with Crippen molar-refractivity contribution in [1.29, 1.82) is 0 Å². The number of rotatable bonds is 7. The number of nitrogens with zero attached hydrogens (tertiary/aromatic N) is 1. The molecule has 1 unspecified atom stereocenters. The lowest BCUT2D eigenvalue weighted by Crippen LogP contribution is -2.43. The number of carboxylic acid groups (broad SMARTS) is 1. The zero-order valence-electron chi connectivity index (χ0n) is 8.98. The first-order chi connectivity index (χ1) is 7.06. The van der Waals surface area contributed by atoms with Gasteiger partial charge in [-0.2, -0.15) is 0 Å². The van der Waals surface area contributed by atoms with Crippen LogP contribution in [-0.2, 0) is 4.79 Å². The molecule has 0 aromatic heterocycles. The highest BCUT2D eigenvalue weighted by molar-refractivity contribution is 7.80. The molecule has 86 valence electrons. The molecule has 15 heavy (non-hydrogen) atoms. The van der Waals surface area contributed by atoms with Crippen LogP contribution in [0, 0.1) is 0 Å². The van der Waals surface area contributed by atoms with Gasteiger partial charge in [0.25, 0.3) is 0 Å². The van der Waals surface area contributed by atoms with Gasteiger partial charge in [-0.1, -0.05) is 19.1 Å². The van der Waals surface area contributed by atoms with Crippen LogP contribution in [0.5, 0.6) is 0 Å². The molecule has 0 amide bonds. The minimum absolute atomic E-state index is 0.383. The summed E-state index contributed by atoms with van der Waals surface area (Å²) in [6, 6.07) is 0.0484. The van der Waals surface area contributed by atoms with Crippen molar-refractivity contribution in [2.24, 2.45) is 5.73 Å². The van der Waals surface area contributed by atoms with E-state index in [1.165, 1.54) is 0 Å². The van der Waals surface area contributed by atoms with Gasteiger partial charge in [-0.25, -0.2) is 0 Å². The molecule has 0 radical (unpaired) electrons. The number of nitrogens with two attached hydrogens (primary N) is 1. The van der Waals surface area contributed by atoms with Gasteiger partial charge in [0.1, 0.15) is 6.04 Å². The van der Waals surface area contributed by atoms with Gasteiger partial charge < -0.3 is 10.8 Å². The van der Waals surface area contributed by atoms with Gasteiger partial charge >= 0.3 is 5.97 Å². The molecule has 1 rings (SSSR count). The maximum absolute atomic E-state index is 11.0. The smallest absolute Gasteiger partial charge is 0.320 e. The Labute approximate surface area is 95.4 Å². The van der Waals surface area contributed by atoms with Crippen molar-refractivity contribution in [2.75, 3.05) is 6.54 Å². The number of aliphatic carboxylic acids is 1. The third-order valence-corrected chi connectivity index (χ3v) is 2.91. The molecular weight excluding hydrogens is 212 g/mol. The Morgan fingerprint density at radius 1 is 1.67 bits per heavy atom. The fourth-order valence-electron chi connectivity index (χ4n) is 1.79. The van der Waals surface area contributed by atoms with Gasteiger partial charge in [0.15, 0.2) is 0 Å². The first-order valence-electron chi connectivity index (χ1n) is 5.33. The van der Waals surface area contributed by atoms with E-state index >= 15 is 0 Å². The van der Waals surface area contributed by atoms with Crippen LogP contribution < -0.4 is 5.73 Å². The Hall–Kier alpha value is -0.680. The van der Waals surface area contributed by atoms with Crippen molar-refractivity contribution in [3.8, 4) is 0 Å². The predicted octanol–water partition coefficient (Wildman–Crippen LogP) is 0.990. The van der Waals surface area contributed by atoms with Crippen molar-refractivity contribution in [3.63, 3.8) is 0 Å². The fraction of sp³-hybridized carbons (Fsp3) is 0.800.